The fourth-order valence-corrected chi connectivity index (χ4v) is 3.39. The molecule has 1 aromatic carbocycles. The lowest BCUT2D eigenvalue weighted by atomic mass is 10.1. The second-order valence-corrected chi connectivity index (χ2v) is 7.16. The molecule has 0 spiro atoms. The van der Waals surface area contributed by atoms with Gasteiger partial charge in [0.25, 0.3) is 5.91 Å². The van der Waals surface area contributed by atoms with Crippen molar-refractivity contribution in [2.24, 2.45) is 0 Å². The highest BCUT2D eigenvalue weighted by Gasteiger charge is 2.25. The van der Waals surface area contributed by atoms with Crippen LogP contribution in [0.1, 0.15) is 42.5 Å². The molecular formula is C20H25N3O2. The maximum atomic E-state index is 12.7. The van der Waals surface area contributed by atoms with Gasteiger partial charge in [0.1, 0.15) is 5.82 Å². The lowest BCUT2D eigenvalue weighted by molar-refractivity contribution is 0.0215. The molecule has 0 radical (unpaired) electrons. The van der Waals surface area contributed by atoms with Gasteiger partial charge in [0.15, 0.2) is 0 Å². The Morgan fingerprint density at radius 3 is 2.88 bits per heavy atom. The summed E-state index contributed by atoms with van der Waals surface area (Å²) in [6.07, 6.45) is 5.88. The van der Waals surface area contributed by atoms with Gasteiger partial charge in [-0.15, -0.1) is 0 Å². The zero-order chi connectivity index (χ0) is 17.2. The molecule has 1 aliphatic carbocycles. The van der Waals surface area contributed by atoms with Gasteiger partial charge in [-0.3, -0.25) is 4.79 Å². The minimum absolute atomic E-state index is 0.00432. The third-order valence-corrected chi connectivity index (χ3v) is 5.00. The molecule has 2 aromatic rings. The van der Waals surface area contributed by atoms with E-state index in [-0.39, 0.29) is 12.0 Å². The second-order valence-electron chi connectivity index (χ2n) is 7.16. The van der Waals surface area contributed by atoms with Gasteiger partial charge < -0.3 is 15.0 Å². The SMILES string of the molecule is CN(CC1CCCCO1)c1cc(C(=O)NC2CC2)c2ccccc2n1. The molecule has 132 valence electrons. The predicted octanol–water partition coefficient (Wildman–Crippen LogP) is 3.13. The van der Waals surface area contributed by atoms with Crippen molar-refractivity contribution in [3.8, 4) is 0 Å². The Morgan fingerprint density at radius 2 is 2.12 bits per heavy atom. The lowest BCUT2D eigenvalue weighted by Gasteiger charge is -2.28. The number of nitrogens with one attached hydrogen (secondary N) is 1. The van der Waals surface area contributed by atoms with Gasteiger partial charge >= 0.3 is 0 Å². The number of carbonyl (C=O) groups is 1. The molecule has 1 aromatic heterocycles. The summed E-state index contributed by atoms with van der Waals surface area (Å²) in [6, 6.07) is 10.1. The summed E-state index contributed by atoms with van der Waals surface area (Å²) in [7, 11) is 2.03. The molecule has 0 bridgehead atoms. The van der Waals surface area contributed by atoms with Gasteiger partial charge in [0.2, 0.25) is 0 Å². The molecule has 1 aliphatic heterocycles. The van der Waals surface area contributed by atoms with Gasteiger partial charge in [-0.05, 0) is 44.2 Å². The number of hydrogen-bond acceptors (Lipinski definition) is 4. The summed E-state index contributed by atoms with van der Waals surface area (Å²) >= 11 is 0. The van der Waals surface area contributed by atoms with Crippen molar-refractivity contribution in [2.75, 3.05) is 25.1 Å². The van der Waals surface area contributed by atoms with Crippen molar-refractivity contribution in [3.63, 3.8) is 0 Å². The molecule has 25 heavy (non-hydrogen) atoms. The van der Waals surface area contributed by atoms with Crippen molar-refractivity contribution in [1.29, 1.82) is 0 Å². The number of ether oxygens (including phenoxy) is 1. The Morgan fingerprint density at radius 1 is 1.28 bits per heavy atom. The van der Waals surface area contributed by atoms with E-state index in [2.05, 4.69) is 10.2 Å². The topological polar surface area (TPSA) is 54.5 Å². The molecule has 5 nitrogen and oxygen atoms in total. The first-order valence-electron chi connectivity index (χ1n) is 9.24. The zero-order valence-electron chi connectivity index (χ0n) is 14.7. The van der Waals surface area contributed by atoms with Crippen LogP contribution in [0.3, 0.4) is 0 Å². The Balaban J connectivity index is 1.62. The number of carbonyl (C=O) groups excluding carboxylic acids is 1. The van der Waals surface area contributed by atoms with Crippen LogP contribution in [0, 0.1) is 0 Å². The Hall–Kier alpha value is -2.14. The molecule has 1 amide bonds. The summed E-state index contributed by atoms with van der Waals surface area (Å²) in [5, 5.41) is 4.01. The fourth-order valence-electron chi connectivity index (χ4n) is 3.39. The first-order valence-corrected chi connectivity index (χ1v) is 9.24. The molecular weight excluding hydrogens is 314 g/mol. The number of fused-ring (bicyclic) bond motifs is 1. The zero-order valence-corrected chi connectivity index (χ0v) is 14.7. The maximum absolute atomic E-state index is 12.7. The quantitative estimate of drug-likeness (QED) is 0.909. The highest BCUT2D eigenvalue weighted by molar-refractivity contribution is 6.07. The van der Waals surface area contributed by atoms with E-state index in [0.29, 0.717) is 11.6 Å². The highest BCUT2D eigenvalue weighted by Crippen LogP contribution is 2.25. The van der Waals surface area contributed by atoms with Crippen molar-refractivity contribution < 1.29 is 9.53 Å². The van der Waals surface area contributed by atoms with Crippen LogP contribution < -0.4 is 10.2 Å². The summed E-state index contributed by atoms with van der Waals surface area (Å²) < 4.78 is 5.85. The number of hydrogen-bond donors (Lipinski definition) is 1. The van der Waals surface area contributed by atoms with Crippen molar-refractivity contribution in [3.05, 3.63) is 35.9 Å². The molecule has 2 aliphatic rings. The number of amides is 1. The molecule has 2 fully saturated rings. The van der Waals surface area contributed by atoms with Crippen LogP contribution in [0.15, 0.2) is 30.3 Å². The normalized spacial score (nSPS) is 20.4. The molecule has 1 N–H and O–H groups in total. The average Bonchev–Trinajstić information content (AvgIpc) is 3.45. The van der Waals surface area contributed by atoms with Gasteiger partial charge in [-0.2, -0.15) is 0 Å². The van der Waals surface area contributed by atoms with Crippen LogP contribution in [0.25, 0.3) is 10.9 Å². The molecule has 4 rings (SSSR count). The third-order valence-electron chi connectivity index (χ3n) is 5.00. The van der Waals surface area contributed by atoms with Crippen molar-refractivity contribution >= 4 is 22.6 Å². The molecule has 1 saturated heterocycles. The van der Waals surface area contributed by atoms with Crippen molar-refractivity contribution in [1.82, 2.24) is 10.3 Å². The number of aromatic nitrogens is 1. The monoisotopic (exact) mass is 339 g/mol. The highest BCUT2D eigenvalue weighted by atomic mass is 16.5. The van der Waals surface area contributed by atoms with E-state index in [9.17, 15) is 4.79 Å². The summed E-state index contributed by atoms with van der Waals surface area (Å²) in [5.41, 5.74) is 1.57. The number of likely N-dealkylation sites (N-methyl/N-ethyl adjacent to an activating group) is 1. The van der Waals surface area contributed by atoms with Crippen LogP contribution in [0.2, 0.25) is 0 Å². The smallest absolute Gasteiger partial charge is 0.252 e. The van der Waals surface area contributed by atoms with Crippen LogP contribution in [0.4, 0.5) is 5.82 Å². The number of nitrogens with zero attached hydrogens (tertiary/aromatic N) is 2. The van der Waals surface area contributed by atoms with E-state index in [0.717, 1.165) is 55.6 Å². The van der Waals surface area contributed by atoms with Gasteiger partial charge in [0.05, 0.1) is 17.2 Å². The number of pyridine rings is 1. The molecule has 2 heterocycles. The lowest BCUT2D eigenvalue weighted by Crippen LogP contribution is -2.34. The molecule has 1 atom stereocenters. The number of rotatable bonds is 5. The van der Waals surface area contributed by atoms with E-state index < -0.39 is 0 Å². The first kappa shape index (κ1) is 16.3. The van der Waals surface area contributed by atoms with E-state index >= 15 is 0 Å². The molecule has 5 heteroatoms. The predicted molar refractivity (Wildman–Crippen MR) is 99.1 cm³/mol. The standard InChI is InChI=1S/C20H25N3O2/c1-23(13-15-6-4-5-11-25-15)19-12-17(20(24)21-14-9-10-14)16-7-2-3-8-18(16)22-19/h2-3,7-8,12,14-15H,4-6,9-11,13H2,1H3,(H,21,24). The summed E-state index contributed by atoms with van der Waals surface area (Å²) in [5.74, 6) is 0.832. The van der Waals surface area contributed by atoms with Gasteiger partial charge in [-0.1, -0.05) is 18.2 Å². The molecule has 1 saturated carbocycles. The number of anilines is 1. The van der Waals surface area contributed by atoms with E-state index in [1.54, 1.807) is 0 Å². The van der Waals surface area contributed by atoms with Crippen LogP contribution in [-0.4, -0.2) is 43.2 Å². The maximum Gasteiger partial charge on any atom is 0.252 e. The third kappa shape index (κ3) is 3.76. The van der Waals surface area contributed by atoms with E-state index in [1.165, 1.54) is 6.42 Å². The van der Waals surface area contributed by atoms with Crippen molar-refractivity contribution in [2.45, 2.75) is 44.2 Å². The average molecular weight is 339 g/mol. The minimum atomic E-state index is 0.00432. The van der Waals surface area contributed by atoms with E-state index in [4.69, 9.17) is 9.72 Å². The largest absolute Gasteiger partial charge is 0.376 e. The summed E-state index contributed by atoms with van der Waals surface area (Å²) in [4.78, 5) is 19.6. The first-order chi connectivity index (χ1) is 12.2. The second kappa shape index (κ2) is 7.00. The Bertz CT molecular complexity index is 767. The van der Waals surface area contributed by atoms with E-state index in [1.807, 2.05) is 37.4 Å². The Kier molecular flexibility index (Phi) is 4.57. The fraction of sp³-hybridized carbons (Fsp3) is 0.500. The Labute approximate surface area is 148 Å². The molecule has 1 unspecified atom stereocenters. The summed E-state index contributed by atoms with van der Waals surface area (Å²) in [6.45, 7) is 1.65. The number of benzene rings is 1. The van der Waals surface area contributed by atoms with Gasteiger partial charge in [-0.25, -0.2) is 4.98 Å². The van der Waals surface area contributed by atoms with Gasteiger partial charge in [0, 0.05) is 31.6 Å². The number of para-hydroxylation sites is 1. The van der Waals surface area contributed by atoms with Crippen LogP contribution >= 0.6 is 0 Å². The van der Waals surface area contributed by atoms with Crippen LogP contribution in [0.5, 0.6) is 0 Å². The minimum Gasteiger partial charge on any atom is -0.376 e. The van der Waals surface area contributed by atoms with Crippen LogP contribution in [-0.2, 0) is 4.74 Å².